The lowest BCUT2D eigenvalue weighted by Gasteiger charge is -2.32. The predicted octanol–water partition coefficient (Wildman–Crippen LogP) is 0.555. The Kier molecular flexibility index (Phi) is 4.62. The van der Waals surface area contributed by atoms with Gasteiger partial charge in [-0.15, -0.1) is 5.10 Å². The summed E-state index contributed by atoms with van der Waals surface area (Å²) in [5, 5.41) is 7.80. The summed E-state index contributed by atoms with van der Waals surface area (Å²) in [4.78, 5) is 18.6. The van der Waals surface area contributed by atoms with Gasteiger partial charge in [0, 0.05) is 31.0 Å². The lowest BCUT2D eigenvalue weighted by atomic mass is 9.96. The number of rotatable bonds is 5. The van der Waals surface area contributed by atoms with Gasteiger partial charge in [0.05, 0.1) is 19.1 Å². The van der Waals surface area contributed by atoms with Crippen LogP contribution in [0.25, 0.3) is 0 Å². The number of hydrogen-bond donors (Lipinski definition) is 0. The zero-order valence-corrected chi connectivity index (χ0v) is 12.9. The Morgan fingerprint density at radius 2 is 2.09 bits per heavy atom. The van der Waals surface area contributed by atoms with E-state index < -0.39 is 0 Å². The second-order valence-corrected chi connectivity index (χ2v) is 5.99. The van der Waals surface area contributed by atoms with Gasteiger partial charge in [-0.25, -0.2) is 4.98 Å². The van der Waals surface area contributed by atoms with Crippen LogP contribution < -0.4 is 5.56 Å². The maximum Gasteiger partial charge on any atom is 0.256 e. The molecule has 1 saturated heterocycles. The smallest absolute Gasteiger partial charge is 0.256 e. The Labute approximate surface area is 129 Å². The molecule has 22 heavy (non-hydrogen) atoms. The summed E-state index contributed by atoms with van der Waals surface area (Å²) in [6, 6.07) is 0. The van der Waals surface area contributed by atoms with Gasteiger partial charge in [-0.1, -0.05) is 5.21 Å². The second-order valence-electron chi connectivity index (χ2n) is 5.99. The minimum Gasteiger partial charge on any atom is -0.301 e. The van der Waals surface area contributed by atoms with Crippen LogP contribution in [0.3, 0.4) is 0 Å². The standard InChI is InChI=1S/C15H22N6O/c1-13-10-16-12-20(15(13)22)11-14-2-5-19(6-3-14)8-9-21-7-4-17-18-21/h4,7,10,12,14H,2-3,5-6,8-9,11H2,1H3. The fraction of sp³-hybridized carbons (Fsp3) is 0.600. The van der Waals surface area contributed by atoms with Crippen molar-refractivity contribution in [1.82, 2.24) is 29.4 Å². The third kappa shape index (κ3) is 3.59. The fourth-order valence-electron chi connectivity index (χ4n) is 2.96. The van der Waals surface area contributed by atoms with Gasteiger partial charge >= 0.3 is 0 Å². The largest absolute Gasteiger partial charge is 0.301 e. The zero-order valence-electron chi connectivity index (χ0n) is 12.9. The highest BCUT2D eigenvalue weighted by molar-refractivity contribution is 5.00. The Morgan fingerprint density at radius 1 is 1.27 bits per heavy atom. The Balaban J connectivity index is 1.47. The van der Waals surface area contributed by atoms with Crippen LogP contribution in [0.15, 0.2) is 29.7 Å². The normalized spacial score (nSPS) is 17.0. The average Bonchev–Trinajstić information content (AvgIpc) is 3.05. The molecule has 0 saturated carbocycles. The lowest BCUT2D eigenvalue weighted by molar-refractivity contribution is 0.166. The van der Waals surface area contributed by atoms with E-state index >= 15 is 0 Å². The quantitative estimate of drug-likeness (QED) is 0.807. The Morgan fingerprint density at radius 3 is 2.82 bits per heavy atom. The van der Waals surface area contributed by atoms with Gasteiger partial charge in [-0.2, -0.15) is 0 Å². The maximum atomic E-state index is 12.0. The maximum absolute atomic E-state index is 12.0. The van der Waals surface area contributed by atoms with Crippen LogP contribution >= 0.6 is 0 Å². The van der Waals surface area contributed by atoms with Crippen molar-refractivity contribution in [3.05, 3.63) is 40.8 Å². The molecule has 0 atom stereocenters. The van der Waals surface area contributed by atoms with Crippen LogP contribution in [0.4, 0.5) is 0 Å². The molecule has 7 nitrogen and oxygen atoms in total. The molecule has 0 amide bonds. The van der Waals surface area contributed by atoms with E-state index in [0.717, 1.165) is 45.6 Å². The van der Waals surface area contributed by atoms with Crippen LogP contribution in [0.5, 0.6) is 0 Å². The monoisotopic (exact) mass is 302 g/mol. The van der Waals surface area contributed by atoms with E-state index in [-0.39, 0.29) is 5.56 Å². The molecule has 2 aromatic heterocycles. The van der Waals surface area contributed by atoms with Crippen molar-refractivity contribution < 1.29 is 0 Å². The third-order valence-electron chi connectivity index (χ3n) is 4.35. The molecular weight excluding hydrogens is 280 g/mol. The van der Waals surface area contributed by atoms with Crippen molar-refractivity contribution in [1.29, 1.82) is 0 Å². The van der Waals surface area contributed by atoms with Crippen molar-refractivity contribution in [3.8, 4) is 0 Å². The Bertz CT molecular complexity index is 642. The molecular formula is C15H22N6O. The molecule has 1 aliphatic heterocycles. The summed E-state index contributed by atoms with van der Waals surface area (Å²) in [6.07, 6.45) is 9.14. The first-order chi connectivity index (χ1) is 10.7. The number of likely N-dealkylation sites (tertiary alicyclic amines) is 1. The lowest BCUT2D eigenvalue weighted by Crippen LogP contribution is -2.38. The SMILES string of the molecule is Cc1cncn(CC2CCN(CCn3ccnn3)CC2)c1=O. The van der Waals surface area contributed by atoms with Crippen molar-refractivity contribution >= 4 is 0 Å². The molecule has 118 valence electrons. The van der Waals surface area contributed by atoms with Crippen molar-refractivity contribution in [2.24, 2.45) is 5.92 Å². The predicted molar refractivity (Wildman–Crippen MR) is 82.4 cm³/mol. The van der Waals surface area contributed by atoms with Crippen LogP contribution in [0.2, 0.25) is 0 Å². The Hall–Kier alpha value is -2.02. The molecule has 0 aliphatic carbocycles. The highest BCUT2D eigenvalue weighted by Gasteiger charge is 2.19. The van der Waals surface area contributed by atoms with Crippen molar-refractivity contribution in [3.63, 3.8) is 0 Å². The van der Waals surface area contributed by atoms with E-state index in [9.17, 15) is 4.79 Å². The van der Waals surface area contributed by atoms with Gasteiger partial charge in [0.2, 0.25) is 0 Å². The summed E-state index contributed by atoms with van der Waals surface area (Å²) in [5.74, 6) is 0.559. The number of aromatic nitrogens is 5. The van der Waals surface area contributed by atoms with Gasteiger partial charge in [-0.3, -0.25) is 14.0 Å². The van der Waals surface area contributed by atoms with E-state index in [1.807, 2.05) is 17.8 Å². The molecule has 0 radical (unpaired) electrons. The average molecular weight is 302 g/mol. The fourth-order valence-corrected chi connectivity index (χ4v) is 2.96. The molecule has 3 rings (SSSR count). The first-order valence-electron chi connectivity index (χ1n) is 7.80. The molecule has 0 bridgehead atoms. The van der Waals surface area contributed by atoms with E-state index in [1.165, 1.54) is 0 Å². The first-order valence-corrected chi connectivity index (χ1v) is 7.80. The summed E-state index contributed by atoms with van der Waals surface area (Å²) in [5.41, 5.74) is 0.802. The number of piperidine rings is 1. The second kappa shape index (κ2) is 6.83. The number of aryl methyl sites for hydroxylation is 1. The van der Waals surface area contributed by atoms with Crippen LogP contribution in [-0.4, -0.2) is 49.1 Å². The van der Waals surface area contributed by atoms with Crippen molar-refractivity contribution in [2.75, 3.05) is 19.6 Å². The highest BCUT2D eigenvalue weighted by Crippen LogP contribution is 2.18. The molecule has 2 aromatic rings. The van der Waals surface area contributed by atoms with E-state index in [2.05, 4.69) is 20.2 Å². The molecule has 0 spiro atoms. The number of hydrogen-bond acceptors (Lipinski definition) is 5. The van der Waals surface area contributed by atoms with Crippen LogP contribution in [0, 0.1) is 12.8 Å². The molecule has 3 heterocycles. The molecule has 0 aromatic carbocycles. The minimum atomic E-state index is 0.0867. The first kappa shape index (κ1) is 14.9. The highest BCUT2D eigenvalue weighted by atomic mass is 16.1. The van der Waals surface area contributed by atoms with Gasteiger partial charge in [0.25, 0.3) is 5.56 Å². The van der Waals surface area contributed by atoms with E-state index in [1.54, 1.807) is 23.3 Å². The van der Waals surface area contributed by atoms with Gasteiger partial charge in [0.1, 0.15) is 0 Å². The number of nitrogens with zero attached hydrogens (tertiary/aromatic N) is 6. The van der Waals surface area contributed by atoms with Crippen LogP contribution in [-0.2, 0) is 13.1 Å². The molecule has 0 N–H and O–H groups in total. The third-order valence-corrected chi connectivity index (χ3v) is 4.35. The molecule has 1 aliphatic rings. The van der Waals surface area contributed by atoms with Crippen molar-refractivity contribution in [2.45, 2.75) is 32.9 Å². The van der Waals surface area contributed by atoms with Gasteiger partial charge in [-0.05, 0) is 38.8 Å². The topological polar surface area (TPSA) is 68.8 Å². The minimum absolute atomic E-state index is 0.0867. The van der Waals surface area contributed by atoms with E-state index in [4.69, 9.17) is 0 Å². The summed E-state index contributed by atoms with van der Waals surface area (Å²) in [7, 11) is 0. The summed E-state index contributed by atoms with van der Waals surface area (Å²) >= 11 is 0. The molecule has 7 heteroatoms. The van der Waals surface area contributed by atoms with Gasteiger partial charge in [0.15, 0.2) is 0 Å². The van der Waals surface area contributed by atoms with Crippen LogP contribution in [0.1, 0.15) is 18.4 Å². The molecule has 0 unspecified atom stereocenters. The molecule has 1 fully saturated rings. The van der Waals surface area contributed by atoms with E-state index in [0.29, 0.717) is 11.5 Å². The van der Waals surface area contributed by atoms with Gasteiger partial charge < -0.3 is 4.90 Å². The zero-order chi connectivity index (χ0) is 15.4. The summed E-state index contributed by atoms with van der Waals surface area (Å²) in [6.45, 7) is 6.64. The summed E-state index contributed by atoms with van der Waals surface area (Å²) < 4.78 is 3.62.